The van der Waals surface area contributed by atoms with Gasteiger partial charge in [0.25, 0.3) is 15.9 Å². The standard InChI is InChI=1S/C23H21FN2O5S2/c24-18-8-3-4-9-19(18)25-21(27)15-31-22(28)14-20-17-7-2-1-6-16(17)11-12-26(20)33(29,30)23-10-5-13-32-23/h1-10,13,20H,11-12,14-15H2,(H,25,27). The number of nitrogens with one attached hydrogen (secondary N) is 1. The molecule has 1 aliphatic heterocycles. The van der Waals surface area contributed by atoms with Crippen molar-refractivity contribution in [3.63, 3.8) is 0 Å². The van der Waals surface area contributed by atoms with Gasteiger partial charge in [0.05, 0.1) is 18.2 Å². The largest absolute Gasteiger partial charge is 0.456 e. The summed E-state index contributed by atoms with van der Waals surface area (Å²) >= 11 is 1.11. The molecule has 1 unspecified atom stereocenters. The second kappa shape index (κ2) is 9.82. The van der Waals surface area contributed by atoms with Crippen LogP contribution in [0.5, 0.6) is 0 Å². The molecular weight excluding hydrogens is 467 g/mol. The highest BCUT2D eigenvalue weighted by Crippen LogP contribution is 2.37. The van der Waals surface area contributed by atoms with Gasteiger partial charge in [-0.3, -0.25) is 9.59 Å². The second-order valence-corrected chi connectivity index (χ2v) is 10.5. The number of esters is 1. The SMILES string of the molecule is O=C(COC(=O)CC1c2ccccc2CCN1S(=O)(=O)c1cccs1)Nc1ccccc1F. The van der Waals surface area contributed by atoms with Gasteiger partial charge in [-0.15, -0.1) is 11.3 Å². The second-order valence-electron chi connectivity index (χ2n) is 7.41. The molecule has 7 nitrogen and oxygen atoms in total. The summed E-state index contributed by atoms with van der Waals surface area (Å²) in [7, 11) is -3.81. The van der Waals surface area contributed by atoms with E-state index in [1.165, 1.54) is 28.6 Å². The molecule has 3 aromatic rings. The fourth-order valence-corrected chi connectivity index (χ4v) is 6.49. The Hall–Kier alpha value is -3.08. The minimum atomic E-state index is -3.81. The quantitative estimate of drug-likeness (QED) is 0.512. The Labute approximate surface area is 194 Å². The molecule has 1 N–H and O–H groups in total. The number of hydrogen-bond acceptors (Lipinski definition) is 6. The van der Waals surface area contributed by atoms with E-state index >= 15 is 0 Å². The molecule has 0 saturated carbocycles. The van der Waals surface area contributed by atoms with Crippen molar-refractivity contribution in [2.45, 2.75) is 23.1 Å². The molecule has 0 fully saturated rings. The van der Waals surface area contributed by atoms with E-state index in [0.717, 1.165) is 22.5 Å². The zero-order valence-electron chi connectivity index (χ0n) is 17.4. The van der Waals surface area contributed by atoms with Crippen LogP contribution < -0.4 is 5.32 Å². The first-order valence-electron chi connectivity index (χ1n) is 10.2. The third kappa shape index (κ3) is 5.13. The van der Waals surface area contributed by atoms with E-state index in [2.05, 4.69) is 5.32 Å². The van der Waals surface area contributed by atoms with Crippen molar-refractivity contribution in [3.05, 3.63) is 83.0 Å². The highest BCUT2D eigenvalue weighted by molar-refractivity contribution is 7.91. The van der Waals surface area contributed by atoms with E-state index in [9.17, 15) is 22.4 Å². The van der Waals surface area contributed by atoms with Gasteiger partial charge >= 0.3 is 5.97 Å². The number of nitrogens with zero attached hydrogens (tertiary/aromatic N) is 1. The van der Waals surface area contributed by atoms with Crippen LogP contribution in [0, 0.1) is 5.82 Å². The van der Waals surface area contributed by atoms with E-state index in [-0.39, 0.29) is 22.9 Å². The predicted molar refractivity (Wildman–Crippen MR) is 122 cm³/mol. The van der Waals surface area contributed by atoms with Crippen LogP contribution in [-0.2, 0) is 30.8 Å². The Kier molecular flexibility index (Phi) is 6.87. The van der Waals surface area contributed by atoms with E-state index in [1.54, 1.807) is 29.6 Å². The van der Waals surface area contributed by atoms with Crippen molar-refractivity contribution in [3.8, 4) is 0 Å². The van der Waals surface area contributed by atoms with Gasteiger partial charge in [-0.25, -0.2) is 12.8 Å². The molecule has 0 aliphatic carbocycles. The normalized spacial score (nSPS) is 16.1. The van der Waals surface area contributed by atoms with Gasteiger partial charge in [0.15, 0.2) is 6.61 Å². The van der Waals surface area contributed by atoms with E-state index < -0.39 is 40.4 Å². The van der Waals surface area contributed by atoms with Crippen molar-refractivity contribution in [2.24, 2.45) is 0 Å². The third-order valence-corrected chi connectivity index (χ3v) is 8.57. The van der Waals surface area contributed by atoms with Crippen LogP contribution in [0.4, 0.5) is 10.1 Å². The lowest BCUT2D eigenvalue weighted by Gasteiger charge is -2.35. The molecule has 0 spiro atoms. The number of carbonyl (C=O) groups excluding carboxylic acids is 2. The topological polar surface area (TPSA) is 92.8 Å². The number of rotatable bonds is 7. The fourth-order valence-electron chi connectivity index (χ4n) is 3.77. The third-order valence-electron chi connectivity index (χ3n) is 5.29. The van der Waals surface area contributed by atoms with Gasteiger partial charge in [0.1, 0.15) is 10.0 Å². The van der Waals surface area contributed by atoms with E-state index in [4.69, 9.17) is 4.74 Å². The summed E-state index contributed by atoms with van der Waals surface area (Å²) in [5.41, 5.74) is 1.68. The lowest BCUT2D eigenvalue weighted by Crippen LogP contribution is -2.41. The molecule has 2 aromatic carbocycles. The van der Waals surface area contributed by atoms with Gasteiger partial charge in [-0.1, -0.05) is 42.5 Å². The summed E-state index contributed by atoms with van der Waals surface area (Å²) in [6.45, 7) is -0.387. The average molecular weight is 489 g/mol. The minimum Gasteiger partial charge on any atom is -0.456 e. The van der Waals surface area contributed by atoms with Gasteiger partial charge in [-0.05, 0) is 41.1 Å². The number of anilines is 1. The summed E-state index contributed by atoms with van der Waals surface area (Å²) in [6.07, 6.45) is 0.270. The Morgan fingerprint density at radius 1 is 1.09 bits per heavy atom. The molecule has 10 heteroatoms. The molecule has 4 rings (SSSR count). The first kappa shape index (κ1) is 23.1. The molecule has 2 heterocycles. The number of amides is 1. The van der Waals surface area contributed by atoms with Crippen LogP contribution >= 0.6 is 11.3 Å². The molecule has 1 aromatic heterocycles. The van der Waals surface area contributed by atoms with Gasteiger partial charge in [0, 0.05) is 6.54 Å². The van der Waals surface area contributed by atoms with Crippen molar-refractivity contribution in [2.75, 3.05) is 18.5 Å². The van der Waals surface area contributed by atoms with E-state index in [1.807, 2.05) is 12.1 Å². The Morgan fingerprint density at radius 2 is 1.85 bits per heavy atom. The zero-order valence-corrected chi connectivity index (χ0v) is 19.1. The molecule has 172 valence electrons. The molecular formula is C23H21FN2O5S2. The molecule has 1 amide bonds. The highest BCUT2D eigenvalue weighted by Gasteiger charge is 2.38. The number of ether oxygens (including phenoxy) is 1. The van der Waals surface area contributed by atoms with E-state index in [0.29, 0.717) is 6.42 Å². The highest BCUT2D eigenvalue weighted by atomic mass is 32.2. The summed E-state index contributed by atoms with van der Waals surface area (Å²) in [4.78, 5) is 24.7. The lowest BCUT2D eigenvalue weighted by atomic mass is 9.92. The first-order chi connectivity index (χ1) is 15.9. The maximum Gasteiger partial charge on any atom is 0.308 e. The van der Waals surface area contributed by atoms with Crippen molar-refractivity contribution in [1.29, 1.82) is 0 Å². The minimum absolute atomic E-state index is 0.0204. The summed E-state index contributed by atoms with van der Waals surface area (Å²) in [5, 5.41) is 4.02. The fraction of sp³-hybridized carbons (Fsp3) is 0.217. The summed E-state index contributed by atoms with van der Waals surface area (Å²) in [6, 6.07) is 15.4. The van der Waals surface area contributed by atoms with Crippen LogP contribution in [-0.4, -0.2) is 37.8 Å². The Bertz CT molecular complexity index is 1260. The first-order valence-corrected chi connectivity index (χ1v) is 12.5. The Balaban J connectivity index is 1.48. The van der Waals surface area contributed by atoms with Crippen LogP contribution in [0.1, 0.15) is 23.6 Å². The van der Waals surface area contributed by atoms with Crippen LogP contribution in [0.15, 0.2) is 70.3 Å². The molecule has 1 aliphatic rings. The molecule has 33 heavy (non-hydrogen) atoms. The van der Waals surface area contributed by atoms with Crippen molar-refractivity contribution in [1.82, 2.24) is 4.31 Å². The van der Waals surface area contributed by atoms with Crippen molar-refractivity contribution < 1.29 is 27.1 Å². The Morgan fingerprint density at radius 3 is 2.61 bits per heavy atom. The molecule has 0 radical (unpaired) electrons. The summed E-state index contributed by atoms with van der Waals surface area (Å²) < 4.78 is 46.8. The number of sulfonamides is 1. The number of carbonyl (C=O) groups is 2. The number of para-hydroxylation sites is 1. The van der Waals surface area contributed by atoms with Crippen LogP contribution in [0.3, 0.4) is 0 Å². The van der Waals surface area contributed by atoms with Crippen molar-refractivity contribution >= 4 is 38.9 Å². The van der Waals surface area contributed by atoms with Gasteiger partial charge in [-0.2, -0.15) is 4.31 Å². The zero-order chi connectivity index (χ0) is 23.4. The smallest absolute Gasteiger partial charge is 0.308 e. The molecule has 0 saturated heterocycles. The van der Waals surface area contributed by atoms with Gasteiger partial charge in [0.2, 0.25) is 0 Å². The maximum absolute atomic E-state index is 13.7. The number of fused-ring (bicyclic) bond motifs is 1. The average Bonchev–Trinajstić information content (AvgIpc) is 3.35. The number of benzene rings is 2. The van der Waals surface area contributed by atoms with Crippen LogP contribution in [0.2, 0.25) is 0 Å². The lowest BCUT2D eigenvalue weighted by molar-refractivity contribution is -0.148. The predicted octanol–water partition coefficient (Wildman–Crippen LogP) is 3.75. The molecule has 0 bridgehead atoms. The number of hydrogen-bond donors (Lipinski definition) is 1. The monoisotopic (exact) mass is 488 g/mol. The summed E-state index contributed by atoms with van der Waals surface area (Å²) in [5.74, 6) is -2.03. The van der Waals surface area contributed by atoms with Crippen LogP contribution in [0.25, 0.3) is 0 Å². The number of thiophene rings is 1. The number of halogens is 1. The molecule has 1 atom stereocenters. The maximum atomic E-state index is 13.7. The van der Waals surface area contributed by atoms with Gasteiger partial charge < -0.3 is 10.1 Å².